The van der Waals surface area contributed by atoms with Crippen molar-refractivity contribution in [3.63, 3.8) is 0 Å². The molecule has 3 aromatic carbocycles. The Morgan fingerprint density at radius 3 is 2.15 bits per heavy atom. The lowest BCUT2D eigenvalue weighted by atomic mass is 10.0. The molecule has 0 saturated heterocycles. The molecule has 0 N–H and O–H groups in total. The first kappa shape index (κ1) is 12.0. The lowest BCUT2D eigenvalue weighted by Crippen LogP contribution is -1.76. The maximum Gasteiger partial charge on any atom is 0.0584 e. The first-order chi connectivity index (χ1) is 9.84. The summed E-state index contributed by atoms with van der Waals surface area (Å²) >= 11 is 8.12. The van der Waals surface area contributed by atoms with Crippen molar-refractivity contribution < 1.29 is 0 Å². The second-order valence-electron chi connectivity index (χ2n) is 4.77. The molecule has 96 valence electrons. The van der Waals surface area contributed by atoms with Crippen molar-refractivity contribution in [3.8, 4) is 11.1 Å². The molecule has 20 heavy (non-hydrogen) atoms. The zero-order valence-electron chi connectivity index (χ0n) is 10.6. The molecule has 0 nitrogen and oxygen atoms in total. The van der Waals surface area contributed by atoms with Gasteiger partial charge in [-0.25, -0.2) is 0 Å². The van der Waals surface area contributed by atoms with Crippen molar-refractivity contribution in [1.82, 2.24) is 0 Å². The molecule has 0 spiro atoms. The van der Waals surface area contributed by atoms with E-state index in [4.69, 9.17) is 11.6 Å². The maximum absolute atomic E-state index is 6.34. The van der Waals surface area contributed by atoms with Crippen LogP contribution in [0.1, 0.15) is 0 Å². The Labute approximate surface area is 126 Å². The van der Waals surface area contributed by atoms with Gasteiger partial charge in [-0.15, -0.1) is 11.3 Å². The molecule has 0 aliphatic rings. The van der Waals surface area contributed by atoms with E-state index in [1.54, 1.807) is 11.3 Å². The van der Waals surface area contributed by atoms with Crippen LogP contribution in [0.3, 0.4) is 0 Å². The minimum absolute atomic E-state index is 0.836. The summed E-state index contributed by atoms with van der Waals surface area (Å²) in [5.74, 6) is 0. The second kappa shape index (κ2) is 4.62. The van der Waals surface area contributed by atoms with Gasteiger partial charge >= 0.3 is 0 Å². The van der Waals surface area contributed by atoms with Gasteiger partial charge in [-0.05, 0) is 17.2 Å². The molecular formula is C18H11ClS. The molecule has 1 heterocycles. The fourth-order valence-electron chi connectivity index (χ4n) is 2.63. The summed E-state index contributed by atoms with van der Waals surface area (Å²) in [5, 5.41) is 3.37. The van der Waals surface area contributed by atoms with Crippen molar-refractivity contribution in [3.05, 3.63) is 71.8 Å². The number of thiophene rings is 1. The fraction of sp³-hybridized carbons (Fsp3) is 0. The van der Waals surface area contributed by atoms with Crippen LogP contribution in [0.25, 0.3) is 31.3 Å². The van der Waals surface area contributed by atoms with Gasteiger partial charge in [0, 0.05) is 15.5 Å². The molecule has 0 aliphatic carbocycles. The molecule has 0 bridgehead atoms. The van der Waals surface area contributed by atoms with Crippen LogP contribution in [0.2, 0.25) is 5.02 Å². The zero-order valence-corrected chi connectivity index (χ0v) is 12.2. The van der Waals surface area contributed by atoms with Gasteiger partial charge in [0.2, 0.25) is 0 Å². The standard InChI is InChI=1S/C18H11ClS/c19-16-11-5-10-15-14-9-4-8-13(17(14)20-18(15)16)12-6-2-1-3-7-12/h1-11H. The van der Waals surface area contributed by atoms with E-state index in [1.807, 2.05) is 18.2 Å². The van der Waals surface area contributed by atoms with Crippen molar-refractivity contribution in [2.24, 2.45) is 0 Å². The van der Waals surface area contributed by atoms with Crippen LogP contribution in [-0.4, -0.2) is 0 Å². The van der Waals surface area contributed by atoms with E-state index in [0.717, 1.165) is 5.02 Å². The van der Waals surface area contributed by atoms with E-state index in [-0.39, 0.29) is 0 Å². The van der Waals surface area contributed by atoms with Gasteiger partial charge in [0.15, 0.2) is 0 Å². The SMILES string of the molecule is Clc1cccc2c1sc1c(-c3ccccc3)cccc12. The molecule has 0 amide bonds. The first-order valence-corrected chi connectivity index (χ1v) is 7.69. The Bertz CT molecular complexity index is 907. The Morgan fingerprint density at radius 2 is 1.35 bits per heavy atom. The predicted octanol–water partition coefficient (Wildman–Crippen LogP) is 6.37. The average Bonchev–Trinajstić information content (AvgIpc) is 2.88. The number of rotatable bonds is 1. The van der Waals surface area contributed by atoms with Gasteiger partial charge in [0.05, 0.1) is 9.72 Å². The predicted molar refractivity (Wildman–Crippen MR) is 89.8 cm³/mol. The fourth-order valence-corrected chi connectivity index (χ4v) is 4.16. The summed E-state index contributed by atoms with van der Waals surface area (Å²) in [6.45, 7) is 0. The topological polar surface area (TPSA) is 0 Å². The lowest BCUT2D eigenvalue weighted by Gasteiger charge is -2.02. The molecular weight excluding hydrogens is 284 g/mol. The molecule has 4 aromatic rings. The van der Waals surface area contributed by atoms with E-state index in [0.29, 0.717) is 0 Å². The second-order valence-corrected chi connectivity index (χ2v) is 6.19. The minimum Gasteiger partial charge on any atom is -0.133 e. The van der Waals surface area contributed by atoms with Gasteiger partial charge in [0.1, 0.15) is 0 Å². The molecule has 2 heteroatoms. The van der Waals surface area contributed by atoms with E-state index >= 15 is 0 Å². The van der Waals surface area contributed by atoms with Gasteiger partial charge in [-0.3, -0.25) is 0 Å². The van der Waals surface area contributed by atoms with Crippen molar-refractivity contribution in [2.75, 3.05) is 0 Å². The quantitative estimate of drug-likeness (QED) is 0.382. The number of benzene rings is 3. The van der Waals surface area contributed by atoms with Crippen LogP contribution in [0.4, 0.5) is 0 Å². The lowest BCUT2D eigenvalue weighted by molar-refractivity contribution is 1.67. The minimum atomic E-state index is 0.836. The number of fused-ring (bicyclic) bond motifs is 3. The molecule has 0 fully saturated rings. The third-order valence-electron chi connectivity index (χ3n) is 3.56. The molecule has 1 aromatic heterocycles. The van der Waals surface area contributed by atoms with Gasteiger partial charge in [-0.1, -0.05) is 72.3 Å². The highest BCUT2D eigenvalue weighted by molar-refractivity contribution is 7.26. The summed E-state index contributed by atoms with van der Waals surface area (Å²) < 4.78 is 2.48. The first-order valence-electron chi connectivity index (χ1n) is 6.50. The van der Waals surface area contributed by atoms with E-state index in [1.165, 1.54) is 31.3 Å². The summed E-state index contributed by atoms with van der Waals surface area (Å²) in [5.41, 5.74) is 2.53. The Morgan fingerprint density at radius 1 is 0.650 bits per heavy atom. The third-order valence-corrected chi connectivity index (χ3v) is 5.28. The van der Waals surface area contributed by atoms with E-state index < -0.39 is 0 Å². The van der Waals surface area contributed by atoms with Gasteiger partial charge in [0.25, 0.3) is 0 Å². The molecule has 0 atom stereocenters. The number of halogens is 1. The van der Waals surface area contributed by atoms with E-state index in [9.17, 15) is 0 Å². The highest BCUT2D eigenvalue weighted by atomic mass is 35.5. The monoisotopic (exact) mass is 294 g/mol. The smallest absolute Gasteiger partial charge is 0.0584 e. The van der Waals surface area contributed by atoms with Crippen LogP contribution < -0.4 is 0 Å². The molecule has 4 rings (SSSR count). The Kier molecular flexibility index (Phi) is 2.76. The summed E-state index contributed by atoms with van der Waals surface area (Å²) in [7, 11) is 0. The largest absolute Gasteiger partial charge is 0.133 e. The van der Waals surface area contributed by atoms with E-state index in [2.05, 4.69) is 48.5 Å². The Hall–Kier alpha value is -1.83. The van der Waals surface area contributed by atoms with Crippen LogP contribution >= 0.6 is 22.9 Å². The van der Waals surface area contributed by atoms with Crippen molar-refractivity contribution >= 4 is 43.1 Å². The molecule has 0 aliphatic heterocycles. The summed E-state index contributed by atoms with van der Waals surface area (Å²) in [4.78, 5) is 0. The molecule has 0 saturated carbocycles. The third kappa shape index (κ3) is 1.75. The zero-order chi connectivity index (χ0) is 13.5. The van der Waals surface area contributed by atoms with Gasteiger partial charge < -0.3 is 0 Å². The summed E-state index contributed by atoms with van der Waals surface area (Å²) in [6, 6.07) is 23.1. The average molecular weight is 295 g/mol. The van der Waals surface area contributed by atoms with Crippen LogP contribution in [0, 0.1) is 0 Å². The summed E-state index contributed by atoms with van der Waals surface area (Å²) in [6.07, 6.45) is 0. The molecule has 0 unspecified atom stereocenters. The van der Waals surface area contributed by atoms with Crippen molar-refractivity contribution in [1.29, 1.82) is 0 Å². The van der Waals surface area contributed by atoms with Crippen LogP contribution in [0.15, 0.2) is 66.7 Å². The molecule has 0 radical (unpaired) electrons. The number of hydrogen-bond acceptors (Lipinski definition) is 1. The van der Waals surface area contributed by atoms with Crippen LogP contribution in [-0.2, 0) is 0 Å². The van der Waals surface area contributed by atoms with Crippen molar-refractivity contribution in [2.45, 2.75) is 0 Å². The highest BCUT2D eigenvalue weighted by Gasteiger charge is 2.11. The maximum atomic E-state index is 6.34. The number of hydrogen-bond donors (Lipinski definition) is 0. The van der Waals surface area contributed by atoms with Gasteiger partial charge in [-0.2, -0.15) is 0 Å². The van der Waals surface area contributed by atoms with Crippen LogP contribution in [0.5, 0.6) is 0 Å². The highest BCUT2D eigenvalue weighted by Crippen LogP contribution is 2.42. The normalized spacial score (nSPS) is 11.2. The Balaban J connectivity index is 2.14.